The van der Waals surface area contributed by atoms with Crippen molar-refractivity contribution in [3.05, 3.63) is 41.5 Å². The van der Waals surface area contributed by atoms with E-state index >= 15 is 0 Å². The van der Waals surface area contributed by atoms with Crippen LogP contribution in [0.4, 0.5) is 0 Å². The highest BCUT2D eigenvalue weighted by atomic mass is 16.5. The van der Waals surface area contributed by atoms with Gasteiger partial charge in [-0.05, 0) is 25.8 Å². The number of para-hydroxylation sites is 1. The largest absolute Gasteiger partial charge is 0.493 e. The first-order valence-corrected chi connectivity index (χ1v) is 9.09. The molecule has 1 aliphatic carbocycles. The Hall–Kier alpha value is -2.41. The van der Waals surface area contributed by atoms with Crippen LogP contribution in [-0.4, -0.2) is 45.3 Å². The second-order valence-electron chi connectivity index (χ2n) is 7.58. The lowest BCUT2D eigenvalue weighted by atomic mass is 9.87. The Labute approximate surface area is 150 Å². The summed E-state index contributed by atoms with van der Waals surface area (Å²) in [5, 5.41) is 14.0. The van der Waals surface area contributed by atoms with E-state index in [4.69, 9.17) is 9.26 Å². The molecule has 0 unspecified atom stereocenters. The number of aliphatic hydroxyl groups excluding tert-OH is 1. The van der Waals surface area contributed by atoms with Crippen LogP contribution in [-0.2, 0) is 10.2 Å². The van der Waals surface area contributed by atoms with Gasteiger partial charge in [0.15, 0.2) is 5.82 Å². The number of carbonyl (C=O) groups is 1. The molecular weight excluding hydrogens is 334 g/mol. The minimum atomic E-state index is -0.562. The van der Waals surface area contributed by atoms with Gasteiger partial charge in [0, 0.05) is 29.9 Å². The van der Waals surface area contributed by atoms with Gasteiger partial charge < -0.3 is 19.3 Å². The van der Waals surface area contributed by atoms with Crippen LogP contribution < -0.4 is 4.74 Å². The van der Waals surface area contributed by atoms with Crippen molar-refractivity contribution in [1.29, 1.82) is 0 Å². The zero-order chi connectivity index (χ0) is 17.9. The molecule has 1 saturated carbocycles. The first-order valence-electron chi connectivity index (χ1n) is 9.09. The average Bonchev–Trinajstić information content (AvgIpc) is 2.97. The lowest BCUT2D eigenvalue weighted by molar-refractivity contribution is -0.134. The summed E-state index contributed by atoms with van der Waals surface area (Å²) in [4.78, 5) is 19.3. The maximum Gasteiger partial charge on any atom is 0.249 e. The monoisotopic (exact) mass is 355 g/mol. The highest BCUT2D eigenvalue weighted by Gasteiger charge is 2.62. The molecule has 4 atom stereocenters. The van der Waals surface area contributed by atoms with Crippen LogP contribution in [0.15, 0.2) is 28.8 Å². The molecule has 2 aromatic rings. The van der Waals surface area contributed by atoms with Crippen LogP contribution in [0.5, 0.6) is 5.75 Å². The number of amides is 1. The molecule has 2 fully saturated rings. The van der Waals surface area contributed by atoms with Crippen molar-refractivity contribution < 1.29 is 19.2 Å². The van der Waals surface area contributed by atoms with Crippen molar-refractivity contribution in [2.45, 2.75) is 43.7 Å². The first kappa shape index (κ1) is 15.8. The quantitative estimate of drug-likeness (QED) is 0.883. The second kappa shape index (κ2) is 5.54. The average molecular weight is 355 g/mol. The summed E-state index contributed by atoms with van der Waals surface area (Å²) in [6.45, 7) is 2.70. The Morgan fingerprint density at radius 2 is 2.23 bits per heavy atom. The third kappa shape index (κ3) is 2.26. The molecule has 1 N–H and O–H groups in total. The van der Waals surface area contributed by atoms with Gasteiger partial charge in [-0.3, -0.25) is 4.79 Å². The number of likely N-dealkylation sites (tertiary alicyclic amines) is 1. The van der Waals surface area contributed by atoms with Gasteiger partial charge in [0.05, 0.1) is 12.7 Å². The number of aromatic nitrogens is 2. The highest BCUT2D eigenvalue weighted by molar-refractivity contribution is 5.85. The summed E-state index contributed by atoms with van der Waals surface area (Å²) < 4.78 is 11.0. The third-order valence-electron chi connectivity index (χ3n) is 5.99. The van der Waals surface area contributed by atoms with E-state index in [-0.39, 0.29) is 23.3 Å². The summed E-state index contributed by atoms with van der Waals surface area (Å²) >= 11 is 0. The Morgan fingerprint density at radius 3 is 3.04 bits per heavy atom. The van der Waals surface area contributed by atoms with E-state index in [2.05, 4.69) is 16.2 Å². The SMILES string of the molecule is Cc1noc([C@H]2C[C@H](O)CN2C(=O)[C@@H]2C[C@]23CCOc2ccccc23)n1. The van der Waals surface area contributed by atoms with Gasteiger partial charge in [-0.2, -0.15) is 4.98 Å². The zero-order valence-electron chi connectivity index (χ0n) is 14.6. The molecular formula is C19H21N3O4. The Balaban J connectivity index is 1.43. The predicted octanol–water partition coefficient (Wildman–Crippen LogP) is 1.75. The maximum atomic E-state index is 13.3. The molecule has 7 heteroatoms. The number of fused-ring (bicyclic) bond motifs is 2. The van der Waals surface area contributed by atoms with Crippen LogP contribution in [0.25, 0.3) is 0 Å². The van der Waals surface area contributed by atoms with Crippen LogP contribution in [0, 0.1) is 12.8 Å². The fourth-order valence-electron chi connectivity index (χ4n) is 4.62. The molecule has 7 nitrogen and oxygen atoms in total. The molecule has 0 bridgehead atoms. The van der Waals surface area contributed by atoms with Crippen LogP contribution in [0.3, 0.4) is 0 Å². The van der Waals surface area contributed by atoms with Gasteiger partial charge in [-0.1, -0.05) is 23.4 Å². The third-order valence-corrected chi connectivity index (χ3v) is 5.99. The van der Waals surface area contributed by atoms with E-state index in [1.54, 1.807) is 11.8 Å². The van der Waals surface area contributed by atoms with Gasteiger partial charge in [0.2, 0.25) is 11.8 Å². The minimum Gasteiger partial charge on any atom is -0.493 e. The van der Waals surface area contributed by atoms with Crippen LogP contribution >= 0.6 is 0 Å². The first-order chi connectivity index (χ1) is 12.6. The van der Waals surface area contributed by atoms with Crippen molar-refractivity contribution in [2.24, 2.45) is 5.92 Å². The van der Waals surface area contributed by atoms with Gasteiger partial charge in [-0.25, -0.2) is 0 Å². The Morgan fingerprint density at radius 1 is 1.38 bits per heavy atom. The van der Waals surface area contributed by atoms with Crippen molar-refractivity contribution in [2.75, 3.05) is 13.2 Å². The highest BCUT2D eigenvalue weighted by Crippen LogP contribution is 2.61. The summed E-state index contributed by atoms with van der Waals surface area (Å²) in [5.74, 6) is 1.83. The van der Waals surface area contributed by atoms with E-state index in [0.717, 1.165) is 24.2 Å². The molecule has 3 aliphatic rings. The fourth-order valence-corrected chi connectivity index (χ4v) is 4.62. The maximum absolute atomic E-state index is 13.3. The molecule has 1 spiro atoms. The fraction of sp³-hybridized carbons (Fsp3) is 0.526. The lowest BCUT2D eigenvalue weighted by Gasteiger charge is -2.28. The number of hydrogen-bond acceptors (Lipinski definition) is 6. The minimum absolute atomic E-state index is 0.0686. The predicted molar refractivity (Wildman–Crippen MR) is 90.5 cm³/mol. The number of aryl methyl sites for hydroxylation is 1. The standard InChI is InChI=1S/C19H21N3O4/c1-11-20-17(26-21-11)15-8-12(23)10-22(15)18(24)14-9-19(14)6-7-25-16-5-3-2-4-13(16)19/h2-5,12,14-15,23H,6-10H2,1H3/t12-,14-,15+,19-/m0/s1. The van der Waals surface area contributed by atoms with E-state index in [9.17, 15) is 9.90 Å². The van der Waals surface area contributed by atoms with Gasteiger partial charge in [0.25, 0.3) is 0 Å². The molecule has 1 aromatic heterocycles. The number of rotatable bonds is 2. The molecule has 1 aromatic carbocycles. The molecule has 26 heavy (non-hydrogen) atoms. The van der Waals surface area contributed by atoms with Crippen LogP contribution in [0.2, 0.25) is 0 Å². The van der Waals surface area contributed by atoms with E-state index in [0.29, 0.717) is 31.3 Å². The van der Waals surface area contributed by atoms with E-state index in [1.807, 2.05) is 18.2 Å². The molecule has 2 aliphatic heterocycles. The number of β-amino-alcohol motifs (C(OH)–C–C–N with tert-alkyl or cyclic N) is 1. The topological polar surface area (TPSA) is 88.7 Å². The number of carbonyl (C=O) groups excluding carboxylic acids is 1. The van der Waals surface area contributed by atoms with E-state index < -0.39 is 6.10 Å². The molecule has 5 rings (SSSR count). The van der Waals surface area contributed by atoms with E-state index in [1.165, 1.54) is 0 Å². The lowest BCUT2D eigenvalue weighted by Crippen LogP contribution is -2.36. The summed E-state index contributed by atoms with van der Waals surface area (Å²) in [6.07, 6.45) is 1.55. The van der Waals surface area contributed by atoms with Crippen molar-refractivity contribution in [3.63, 3.8) is 0 Å². The molecule has 136 valence electrons. The van der Waals surface area contributed by atoms with Crippen molar-refractivity contribution in [1.82, 2.24) is 15.0 Å². The molecule has 1 amide bonds. The molecule has 3 heterocycles. The summed E-state index contributed by atoms with van der Waals surface area (Å²) in [7, 11) is 0. The summed E-state index contributed by atoms with van der Waals surface area (Å²) in [6, 6.07) is 7.66. The van der Waals surface area contributed by atoms with Crippen molar-refractivity contribution in [3.8, 4) is 5.75 Å². The normalized spacial score (nSPS) is 32.4. The number of hydrogen-bond donors (Lipinski definition) is 1. The van der Waals surface area contributed by atoms with Crippen LogP contribution in [0.1, 0.15) is 42.6 Å². The molecule has 1 saturated heterocycles. The van der Waals surface area contributed by atoms with Crippen molar-refractivity contribution >= 4 is 5.91 Å². The number of nitrogens with zero attached hydrogens (tertiary/aromatic N) is 3. The van der Waals surface area contributed by atoms with Gasteiger partial charge in [-0.15, -0.1) is 0 Å². The Kier molecular flexibility index (Phi) is 3.37. The smallest absolute Gasteiger partial charge is 0.249 e. The zero-order valence-corrected chi connectivity index (χ0v) is 14.6. The number of benzene rings is 1. The Bertz CT molecular complexity index is 866. The van der Waals surface area contributed by atoms with Gasteiger partial charge >= 0.3 is 0 Å². The molecule has 0 radical (unpaired) electrons. The number of ether oxygens (including phenoxy) is 1. The second-order valence-corrected chi connectivity index (χ2v) is 7.58. The summed E-state index contributed by atoms with van der Waals surface area (Å²) in [5.41, 5.74) is 1.00. The number of aliphatic hydroxyl groups is 1. The van der Waals surface area contributed by atoms with Gasteiger partial charge in [0.1, 0.15) is 11.8 Å².